The number of rotatable bonds is 5. The average Bonchev–Trinajstić information content (AvgIpc) is 2.73. The van der Waals surface area contributed by atoms with E-state index in [1.165, 1.54) is 11.1 Å². The molecule has 1 aromatic heterocycles. The van der Waals surface area contributed by atoms with Crippen molar-refractivity contribution in [2.75, 3.05) is 18.0 Å². The molecule has 5 heteroatoms. The smallest absolute Gasteiger partial charge is 0.251 e. The van der Waals surface area contributed by atoms with Crippen LogP contribution in [-0.4, -0.2) is 24.0 Å². The van der Waals surface area contributed by atoms with Gasteiger partial charge in [-0.15, -0.1) is 0 Å². The predicted octanol–water partition coefficient (Wildman–Crippen LogP) is 4.27. The summed E-state index contributed by atoms with van der Waals surface area (Å²) in [6, 6.07) is 19.8. The number of hydrogen-bond acceptors (Lipinski definition) is 3. The molecule has 2 heterocycles. The third kappa shape index (κ3) is 4.34. The molecule has 0 saturated heterocycles. The van der Waals surface area contributed by atoms with Crippen molar-refractivity contribution in [3.8, 4) is 0 Å². The number of benzene rings is 2. The van der Waals surface area contributed by atoms with Crippen LogP contribution in [-0.2, 0) is 19.4 Å². The first-order valence-corrected chi connectivity index (χ1v) is 9.87. The Bertz CT molecular complexity index is 989. The minimum atomic E-state index is -0.0805. The molecular formula is C23H22ClN3O. The first-order valence-electron chi connectivity index (χ1n) is 9.49. The topological polar surface area (TPSA) is 45.2 Å². The number of pyridine rings is 1. The predicted molar refractivity (Wildman–Crippen MR) is 113 cm³/mol. The summed E-state index contributed by atoms with van der Waals surface area (Å²) in [5, 5.41) is 3.70. The summed E-state index contributed by atoms with van der Waals surface area (Å²) in [5.74, 6) is 0.764. The SMILES string of the molecule is O=C(NCCc1cccc(Cl)c1)c1ccnc(N2CCc3ccccc3C2)c1. The van der Waals surface area contributed by atoms with Crippen LogP contribution in [0.4, 0.5) is 5.82 Å². The lowest BCUT2D eigenvalue weighted by atomic mass is 10.00. The van der Waals surface area contributed by atoms with E-state index < -0.39 is 0 Å². The largest absolute Gasteiger partial charge is 0.352 e. The van der Waals surface area contributed by atoms with Crippen LogP contribution in [0.25, 0.3) is 0 Å². The Morgan fingerprint density at radius 1 is 1.07 bits per heavy atom. The van der Waals surface area contributed by atoms with E-state index in [9.17, 15) is 4.79 Å². The Balaban J connectivity index is 1.39. The molecule has 4 rings (SSSR count). The average molecular weight is 392 g/mol. The maximum Gasteiger partial charge on any atom is 0.251 e. The summed E-state index contributed by atoms with van der Waals surface area (Å²) in [7, 11) is 0. The molecule has 142 valence electrons. The standard InChI is InChI=1S/C23H22ClN3O/c24-21-7-3-4-17(14-21)8-11-26-23(28)19-9-12-25-22(15-19)27-13-10-18-5-1-2-6-20(18)16-27/h1-7,9,12,14-15H,8,10-11,13,16H2,(H,26,28). The van der Waals surface area contributed by atoms with Crippen LogP contribution in [0.15, 0.2) is 66.9 Å². The molecule has 28 heavy (non-hydrogen) atoms. The van der Waals surface area contributed by atoms with Crippen molar-refractivity contribution in [1.29, 1.82) is 0 Å². The van der Waals surface area contributed by atoms with Crippen molar-refractivity contribution in [1.82, 2.24) is 10.3 Å². The van der Waals surface area contributed by atoms with Crippen LogP contribution in [0.5, 0.6) is 0 Å². The lowest BCUT2D eigenvalue weighted by molar-refractivity contribution is 0.0954. The Kier molecular flexibility index (Phi) is 5.58. The second kappa shape index (κ2) is 8.44. The zero-order chi connectivity index (χ0) is 19.3. The molecule has 0 bridgehead atoms. The number of nitrogens with zero attached hydrogens (tertiary/aromatic N) is 2. The van der Waals surface area contributed by atoms with Crippen molar-refractivity contribution >= 4 is 23.3 Å². The third-order valence-electron chi connectivity index (χ3n) is 5.05. The van der Waals surface area contributed by atoms with Crippen LogP contribution in [0, 0.1) is 0 Å². The highest BCUT2D eigenvalue weighted by molar-refractivity contribution is 6.30. The molecule has 1 N–H and O–H groups in total. The number of halogens is 1. The lowest BCUT2D eigenvalue weighted by Crippen LogP contribution is -2.31. The number of amides is 1. The van der Waals surface area contributed by atoms with Gasteiger partial charge in [-0.05, 0) is 53.8 Å². The van der Waals surface area contributed by atoms with Crippen molar-refractivity contribution in [3.63, 3.8) is 0 Å². The molecular weight excluding hydrogens is 370 g/mol. The highest BCUT2D eigenvalue weighted by atomic mass is 35.5. The van der Waals surface area contributed by atoms with E-state index in [0.29, 0.717) is 17.1 Å². The van der Waals surface area contributed by atoms with Gasteiger partial charge in [0.25, 0.3) is 5.91 Å². The van der Waals surface area contributed by atoms with Gasteiger partial charge in [-0.25, -0.2) is 4.98 Å². The van der Waals surface area contributed by atoms with E-state index in [4.69, 9.17) is 11.6 Å². The van der Waals surface area contributed by atoms with E-state index >= 15 is 0 Å². The van der Waals surface area contributed by atoms with Crippen molar-refractivity contribution in [2.45, 2.75) is 19.4 Å². The molecule has 0 fully saturated rings. The fraction of sp³-hybridized carbons (Fsp3) is 0.217. The van der Waals surface area contributed by atoms with Gasteiger partial charge in [-0.2, -0.15) is 0 Å². The van der Waals surface area contributed by atoms with E-state index in [0.717, 1.165) is 37.3 Å². The van der Waals surface area contributed by atoms with E-state index in [-0.39, 0.29) is 5.91 Å². The molecule has 0 spiro atoms. The maximum atomic E-state index is 12.6. The maximum absolute atomic E-state index is 12.6. The van der Waals surface area contributed by atoms with Gasteiger partial charge in [0.15, 0.2) is 0 Å². The summed E-state index contributed by atoms with van der Waals surface area (Å²) in [4.78, 5) is 19.3. The number of fused-ring (bicyclic) bond motifs is 1. The molecule has 1 amide bonds. The molecule has 0 atom stereocenters. The van der Waals surface area contributed by atoms with Gasteiger partial charge >= 0.3 is 0 Å². The zero-order valence-corrected chi connectivity index (χ0v) is 16.3. The van der Waals surface area contributed by atoms with Gasteiger partial charge in [0.2, 0.25) is 0 Å². The molecule has 4 nitrogen and oxygen atoms in total. The molecule has 0 aliphatic carbocycles. The number of carbonyl (C=O) groups excluding carboxylic acids is 1. The van der Waals surface area contributed by atoms with E-state index in [1.54, 1.807) is 12.3 Å². The molecule has 1 aliphatic rings. The van der Waals surface area contributed by atoms with Crippen LogP contribution in [0.3, 0.4) is 0 Å². The summed E-state index contributed by atoms with van der Waals surface area (Å²) in [6.07, 6.45) is 3.45. The third-order valence-corrected chi connectivity index (χ3v) is 5.29. The van der Waals surface area contributed by atoms with Crippen LogP contribution >= 0.6 is 11.6 Å². The van der Waals surface area contributed by atoms with Crippen molar-refractivity contribution in [3.05, 3.63) is 94.1 Å². The van der Waals surface area contributed by atoms with Gasteiger partial charge in [0.05, 0.1) is 0 Å². The minimum Gasteiger partial charge on any atom is -0.352 e. The normalized spacial score (nSPS) is 13.1. The molecule has 3 aromatic rings. The van der Waals surface area contributed by atoms with E-state index in [2.05, 4.69) is 39.5 Å². The molecule has 0 unspecified atom stereocenters. The fourth-order valence-corrected chi connectivity index (χ4v) is 3.75. The van der Waals surface area contributed by atoms with Gasteiger partial charge in [-0.3, -0.25) is 4.79 Å². The molecule has 2 aromatic carbocycles. The monoisotopic (exact) mass is 391 g/mol. The summed E-state index contributed by atoms with van der Waals surface area (Å²) < 4.78 is 0. The van der Waals surface area contributed by atoms with Gasteiger partial charge < -0.3 is 10.2 Å². The minimum absolute atomic E-state index is 0.0805. The zero-order valence-electron chi connectivity index (χ0n) is 15.6. The quantitative estimate of drug-likeness (QED) is 0.706. The Hall–Kier alpha value is -2.85. The van der Waals surface area contributed by atoms with E-state index in [1.807, 2.05) is 30.3 Å². The number of nitrogens with one attached hydrogen (secondary N) is 1. The summed E-state index contributed by atoms with van der Waals surface area (Å²) in [6.45, 7) is 2.29. The number of carbonyl (C=O) groups is 1. The van der Waals surface area contributed by atoms with Crippen LogP contribution in [0.2, 0.25) is 5.02 Å². The first kappa shape index (κ1) is 18.5. The second-order valence-electron chi connectivity index (χ2n) is 6.98. The number of hydrogen-bond donors (Lipinski definition) is 1. The Labute approximate surface area is 170 Å². The molecule has 0 radical (unpaired) electrons. The highest BCUT2D eigenvalue weighted by Gasteiger charge is 2.18. The van der Waals surface area contributed by atoms with Crippen molar-refractivity contribution < 1.29 is 4.79 Å². The van der Waals surface area contributed by atoms with Gasteiger partial charge in [0, 0.05) is 36.4 Å². The summed E-state index contributed by atoms with van der Waals surface area (Å²) in [5.41, 5.74) is 4.46. The van der Waals surface area contributed by atoms with Crippen molar-refractivity contribution in [2.24, 2.45) is 0 Å². The summed E-state index contributed by atoms with van der Waals surface area (Å²) >= 11 is 6.01. The number of anilines is 1. The highest BCUT2D eigenvalue weighted by Crippen LogP contribution is 2.23. The van der Waals surface area contributed by atoms with Gasteiger partial charge in [0.1, 0.15) is 5.82 Å². The Morgan fingerprint density at radius 3 is 2.79 bits per heavy atom. The molecule has 0 saturated carbocycles. The first-order chi connectivity index (χ1) is 13.7. The molecule has 1 aliphatic heterocycles. The van der Waals surface area contributed by atoms with Gasteiger partial charge in [-0.1, -0.05) is 48.0 Å². The van der Waals surface area contributed by atoms with Crippen LogP contribution in [0.1, 0.15) is 27.0 Å². The lowest BCUT2D eigenvalue weighted by Gasteiger charge is -2.29. The second-order valence-corrected chi connectivity index (χ2v) is 7.42. The number of aromatic nitrogens is 1. The Morgan fingerprint density at radius 2 is 1.93 bits per heavy atom. The fourth-order valence-electron chi connectivity index (χ4n) is 3.54. The van der Waals surface area contributed by atoms with Crippen LogP contribution < -0.4 is 10.2 Å².